The normalized spacial score (nSPS) is 11.4. The molecule has 0 aliphatic carbocycles. The number of benzene rings is 3. The van der Waals surface area contributed by atoms with Gasteiger partial charge in [-0.25, -0.2) is 4.98 Å². The first kappa shape index (κ1) is 21.1. The molecule has 0 saturated heterocycles. The van der Waals surface area contributed by atoms with Crippen molar-refractivity contribution in [3.8, 4) is 0 Å². The van der Waals surface area contributed by atoms with Crippen LogP contribution in [0.2, 0.25) is 0 Å². The van der Waals surface area contributed by atoms with Gasteiger partial charge in [0.2, 0.25) is 5.91 Å². The molecule has 5 nitrogen and oxygen atoms in total. The highest BCUT2D eigenvalue weighted by Gasteiger charge is 2.19. The second kappa shape index (κ2) is 8.94. The Bertz CT molecular complexity index is 1310. The van der Waals surface area contributed by atoms with E-state index < -0.39 is 0 Å². The summed E-state index contributed by atoms with van der Waals surface area (Å²) in [4.78, 5) is 32.7. The zero-order valence-corrected chi connectivity index (χ0v) is 18.7. The molecule has 1 amide bonds. The minimum Gasteiger partial charge on any atom is -0.311 e. The first-order valence-corrected chi connectivity index (χ1v) is 11.4. The number of rotatable bonds is 6. The van der Waals surface area contributed by atoms with Gasteiger partial charge in [0.25, 0.3) is 5.56 Å². The average Bonchev–Trinajstić information content (AvgIpc) is 2.78. The van der Waals surface area contributed by atoms with Crippen molar-refractivity contribution in [1.29, 1.82) is 0 Å². The molecule has 3 aromatic carbocycles. The Morgan fingerprint density at radius 2 is 1.68 bits per heavy atom. The molecular formula is C25H25N3O2S. The summed E-state index contributed by atoms with van der Waals surface area (Å²) in [5.74, 6) is 0.190. The lowest BCUT2D eigenvalue weighted by molar-refractivity contribution is -0.116. The molecule has 0 saturated carbocycles. The highest BCUT2D eigenvalue weighted by Crippen LogP contribution is 2.28. The van der Waals surface area contributed by atoms with Crippen LogP contribution in [0.3, 0.4) is 0 Å². The maximum Gasteiger partial charge on any atom is 0.262 e. The smallest absolute Gasteiger partial charge is 0.262 e. The predicted molar refractivity (Wildman–Crippen MR) is 129 cm³/mol. The summed E-state index contributed by atoms with van der Waals surface area (Å²) >= 11 is 1.32. The van der Waals surface area contributed by atoms with Crippen LogP contribution in [0, 0.1) is 0 Å². The zero-order valence-electron chi connectivity index (χ0n) is 17.9. The summed E-state index contributed by atoms with van der Waals surface area (Å²) in [6, 6.07) is 21.4. The molecule has 0 aliphatic heterocycles. The van der Waals surface area contributed by atoms with E-state index in [-0.39, 0.29) is 23.3 Å². The van der Waals surface area contributed by atoms with Crippen molar-refractivity contribution < 1.29 is 4.79 Å². The fourth-order valence-electron chi connectivity index (χ4n) is 3.81. The van der Waals surface area contributed by atoms with E-state index in [2.05, 4.69) is 0 Å². The monoisotopic (exact) mass is 431 g/mol. The van der Waals surface area contributed by atoms with Crippen molar-refractivity contribution in [2.24, 2.45) is 0 Å². The van der Waals surface area contributed by atoms with Crippen LogP contribution < -0.4 is 10.5 Å². The maximum absolute atomic E-state index is 13.2. The Hall–Kier alpha value is -3.12. The van der Waals surface area contributed by atoms with Gasteiger partial charge in [0.1, 0.15) is 0 Å². The van der Waals surface area contributed by atoms with Crippen LogP contribution in [-0.4, -0.2) is 27.8 Å². The number of para-hydroxylation sites is 1. The van der Waals surface area contributed by atoms with Crippen LogP contribution in [0.1, 0.15) is 26.8 Å². The number of thioether (sulfide) groups is 1. The van der Waals surface area contributed by atoms with E-state index in [1.165, 1.54) is 11.8 Å². The first-order chi connectivity index (χ1) is 15.0. The lowest BCUT2D eigenvalue weighted by Gasteiger charge is -2.23. The van der Waals surface area contributed by atoms with Crippen LogP contribution in [0.5, 0.6) is 0 Å². The molecule has 1 heterocycles. The number of aromatic nitrogens is 2. The van der Waals surface area contributed by atoms with Crippen molar-refractivity contribution in [2.75, 3.05) is 17.2 Å². The maximum atomic E-state index is 13.2. The van der Waals surface area contributed by atoms with Gasteiger partial charge in [0, 0.05) is 18.0 Å². The Labute approximate surface area is 185 Å². The summed E-state index contributed by atoms with van der Waals surface area (Å²) in [7, 11) is 0. The Balaban J connectivity index is 1.65. The Kier molecular flexibility index (Phi) is 6.09. The highest BCUT2D eigenvalue weighted by molar-refractivity contribution is 7.99. The van der Waals surface area contributed by atoms with Gasteiger partial charge in [-0.1, -0.05) is 60.3 Å². The summed E-state index contributed by atoms with van der Waals surface area (Å²) in [6.07, 6.45) is 0. The fourth-order valence-corrected chi connectivity index (χ4v) is 4.82. The van der Waals surface area contributed by atoms with Gasteiger partial charge >= 0.3 is 0 Å². The number of carbonyl (C=O) groups excluding carboxylic acids is 1. The van der Waals surface area contributed by atoms with Gasteiger partial charge in [-0.05, 0) is 44.4 Å². The molecule has 0 atom stereocenters. The Morgan fingerprint density at radius 1 is 1.00 bits per heavy atom. The largest absolute Gasteiger partial charge is 0.311 e. The van der Waals surface area contributed by atoms with Crippen molar-refractivity contribution in [2.45, 2.75) is 32.0 Å². The molecule has 0 radical (unpaired) electrons. The van der Waals surface area contributed by atoms with E-state index in [1.807, 2.05) is 81.4 Å². The van der Waals surface area contributed by atoms with Crippen LogP contribution >= 0.6 is 11.8 Å². The predicted octanol–water partition coefficient (Wildman–Crippen LogP) is 5.28. The van der Waals surface area contributed by atoms with Gasteiger partial charge in [-0.15, -0.1) is 0 Å². The van der Waals surface area contributed by atoms with E-state index in [1.54, 1.807) is 15.5 Å². The molecule has 4 aromatic rings. The van der Waals surface area contributed by atoms with Gasteiger partial charge in [-0.2, -0.15) is 0 Å². The van der Waals surface area contributed by atoms with E-state index in [0.29, 0.717) is 22.6 Å². The van der Waals surface area contributed by atoms with Gasteiger partial charge in [0.15, 0.2) is 5.16 Å². The third kappa shape index (κ3) is 4.08. The molecule has 0 aliphatic rings. The molecule has 0 N–H and O–H groups in total. The Morgan fingerprint density at radius 3 is 2.42 bits per heavy atom. The molecule has 0 spiro atoms. The molecule has 4 rings (SSSR count). The molecule has 31 heavy (non-hydrogen) atoms. The van der Waals surface area contributed by atoms with E-state index >= 15 is 0 Å². The quantitative estimate of drug-likeness (QED) is 0.308. The van der Waals surface area contributed by atoms with Gasteiger partial charge in [0.05, 0.1) is 22.3 Å². The molecule has 0 unspecified atom stereocenters. The van der Waals surface area contributed by atoms with Crippen LogP contribution in [0.4, 0.5) is 5.69 Å². The zero-order chi connectivity index (χ0) is 22.0. The molecule has 6 heteroatoms. The second-order valence-corrected chi connectivity index (χ2v) is 8.55. The SMILES string of the molecule is CCN(C(=O)CSc1nc2ccccc2c(=O)n1C(C)C)c1cccc2ccccc12. The van der Waals surface area contributed by atoms with Crippen molar-refractivity contribution in [1.82, 2.24) is 9.55 Å². The highest BCUT2D eigenvalue weighted by atomic mass is 32.2. The van der Waals surface area contributed by atoms with Crippen molar-refractivity contribution in [3.05, 3.63) is 77.1 Å². The van der Waals surface area contributed by atoms with Crippen LogP contribution in [0.15, 0.2) is 76.7 Å². The molecule has 1 aromatic heterocycles. The topological polar surface area (TPSA) is 55.2 Å². The van der Waals surface area contributed by atoms with Gasteiger partial charge < -0.3 is 4.90 Å². The van der Waals surface area contributed by atoms with E-state index in [9.17, 15) is 9.59 Å². The molecule has 0 fully saturated rings. The number of amides is 1. The van der Waals surface area contributed by atoms with E-state index in [0.717, 1.165) is 16.5 Å². The number of hydrogen-bond acceptors (Lipinski definition) is 4. The lowest BCUT2D eigenvalue weighted by Crippen LogP contribution is -2.33. The summed E-state index contributed by atoms with van der Waals surface area (Å²) in [5.41, 5.74) is 1.48. The van der Waals surface area contributed by atoms with E-state index in [4.69, 9.17) is 4.98 Å². The third-order valence-corrected chi connectivity index (χ3v) is 6.23. The van der Waals surface area contributed by atoms with Crippen molar-refractivity contribution >= 4 is 45.0 Å². The lowest BCUT2D eigenvalue weighted by atomic mass is 10.1. The third-order valence-electron chi connectivity index (χ3n) is 5.29. The second-order valence-electron chi connectivity index (χ2n) is 7.61. The fraction of sp³-hybridized carbons (Fsp3) is 0.240. The molecular weight excluding hydrogens is 406 g/mol. The molecule has 0 bridgehead atoms. The first-order valence-electron chi connectivity index (χ1n) is 10.4. The summed E-state index contributed by atoms with van der Waals surface area (Å²) < 4.78 is 1.68. The number of fused-ring (bicyclic) bond motifs is 2. The molecule has 158 valence electrons. The van der Waals surface area contributed by atoms with Crippen LogP contribution in [-0.2, 0) is 4.79 Å². The minimum absolute atomic E-state index is 0.0124. The number of hydrogen-bond donors (Lipinski definition) is 0. The average molecular weight is 432 g/mol. The minimum atomic E-state index is -0.0723. The van der Waals surface area contributed by atoms with Crippen LogP contribution in [0.25, 0.3) is 21.7 Å². The van der Waals surface area contributed by atoms with Gasteiger partial charge in [-0.3, -0.25) is 14.2 Å². The number of anilines is 1. The summed E-state index contributed by atoms with van der Waals surface area (Å²) in [5, 5.41) is 3.32. The summed E-state index contributed by atoms with van der Waals surface area (Å²) in [6.45, 7) is 6.45. The number of nitrogens with zero attached hydrogens (tertiary/aromatic N) is 3. The standard InChI is InChI=1S/C25H25N3O2S/c1-4-27(22-15-9-11-18-10-5-6-12-19(18)22)23(29)16-31-25-26-21-14-8-7-13-20(21)24(30)28(25)17(2)3/h5-15,17H,4,16H2,1-3H3. The van der Waals surface area contributed by atoms with Crippen molar-refractivity contribution in [3.63, 3.8) is 0 Å². The number of carbonyl (C=O) groups is 1.